The van der Waals surface area contributed by atoms with E-state index in [-0.39, 0.29) is 5.91 Å². The van der Waals surface area contributed by atoms with Crippen LogP contribution in [0, 0.1) is 20.8 Å². The molecule has 0 fully saturated rings. The van der Waals surface area contributed by atoms with E-state index in [1.54, 1.807) is 4.68 Å². The Kier molecular flexibility index (Phi) is 5.26. The maximum absolute atomic E-state index is 12.2. The van der Waals surface area contributed by atoms with Crippen LogP contribution in [-0.2, 0) is 0 Å². The van der Waals surface area contributed by atoms with Crippen LogP contribution in [0.15, 0.2) is 42.6 Å². The number of rotatable bonds is 6. The number of hydrogen-bond donors (Lipinski definition) is 2. The molecule has 2 heterocycles. The Morgan fingerprint density at radius 1 is 1.00 bits per heavy atom. The van der Waals surface area contributed by atoms with Gasteiger partial charge in [-0.2, -0.15) is 5.10 Å². The fourth-order valence-electron chi connectivity index (χ4n) is 2.66. The lowest BCUT2D eigenvalue weighted by atomic mass is 10.1. The number of carbonyl (C=O) groups is 1. The molecule has 3 rings (SSSR count). The second-order valence-corrected chi connectivity index (χ2v) is 6.24. The summed E-state index contributed by atoms with van der Waals surface area (Å²) in [5.74, 6) is 1.24. The zero-order valence-corrected chi connectivity index (χ0v) is 15.2. The van der Waals surface area contributed by atoms with Crippen molar-refractivity contribution in [1.82, 2.24) is 25.3 Å². The molecule has 7 nitrogen and oxygen atoms in total. The average molecular weight is 350 g/mol. The molecule has 0 atom stereocenters. The molecule has 2 aromatic heterocycles. The minimum atomic E-state index is -0.0749. The molecular formula is C19H22N6O. The Morgan fingerprint density at radius 2 is 1.77 bits per heavy atom. The zero-order valence-electron chi connectivity index (χ0n) is 15.2. The SMILES string of the molecule is Cc1cc(C)cc(C(=O)NCCNc2ccc(-n3ccc(C)n3)nn2)c1. The monoisotopic (exact) mass is 350 g/mol. The van der Waals surface area contributed by atoms with Crippen LogP contribution in [-0.4, -0.2) is 39.0 Å². The predicted octanol–water partition coefficient (Wildman–Crippen LogP) is 2.43. The molecule has 0 radical (unpaired) electrons. The van der Waals surface area contributed by atoms with Crippen molar-refractivity contribution < 1.29 is 4.79 Å². The molecule has 0 saturated carbocycles. The second-order valence-electron chi connectivity index (χ2n) is 6.24. The minimum absolute atomic E-state index is 0.0749. The fraction of sp³-hybridized carbons (Fsp3) is 0.263. The predicted molar refractivity (Wildman–Crippen MR) is 101 cm³/mol. The van der Waals surface area contributed by atoms with Gasteiger partial charge in [-0.05, 0) is 51.1 Å². The van der Waals surface area contributed by atoms with E-state index >= 15 is 0 Å². The quantitative estimate of drug-likeness (QED) is 0.667. The van der Waals surface area contributed by atoms with Crippen LogP contribution in [0.1, 0.15) is 27.2 Å². The van der Waals surface area contributed by atoms with Gasteiger partial charge < -0.3 is 10.6 Å². The van der Waals surface area contributed by atoms with Gasteiger partial charge in [0.2, 0.25) is 0 Å². The van der Waals surface area contributed by atoms with Gasteiger partial charge >= 0.3 is 0 Å². The number of aryl methyl sites for hydroxylation is 3. The Hall–Kier alpha value is -3.22. The van der Waals surface area contributed by atoms with E-state index in [0.717, 1.165) is 16.8 Å². The van der Waals surface area contributed by atoms with E-state index in [1.807, 2.05) is 63.4 Å². The molecule has 3 aromatic rings. The van der Waals surface area contributed by atoms with Gasteiger partial charge in [-0.15, -0.1) is 10.2 Å². The molecule has 0 aliphatic carbocycles. The maximum Gasteiger partial charge on any atom is 0.251 e. The van der Waals surface area contributed by atoms with Gasteiger partial charge in [0, 0.05) is 24.8 Å². The summed E-state index contributed by atoms with van der Waals surface area (Å²) in [6, 6.07) is 11.4. The Balaban J connectivity index is 1.48. The summed E-state index contributed by atoms with van der Waals surface area (Å²) < 4.78 is 1.68. The molecule has 26 heavy (non-hydrogen) atoms. The van der Waals surface area contributed by atoms with Crippen LogP contribution < -0.4 is 10.6 Å². The Bertz CT molecular complexity index is 880. The van der Waals surface area contributed by atoms with Crippen LogP contribution >= 0.6 is 0 Å². The van der Waals surface area contributed by atoms with Gasteiger partial charge in [0.25, 0.3) is 5.91 Å². The van der Waals surface area contributed by atoms with Gasteiger partial charge in [-0.1, -0.05) is 17.2 Å². The number of benzene rings is 1. The Labute approximate surface area is 152 Å². The fourth-order valence-corrected chi connectivity index (χ4v) is 2.66. The third-order valence-electron chi connectivity index (χ3n) is 3.81. The van der Waals surface area contributed by atoms with E-state index in [1.165, 1.54) is 0 Å². The minimum Gasteiger partial charge on any atom is -0.367 e. The molecule has 0 spiro atoms. The largest absolute Gasteiger partial charge is 0.367 e. The van der Waals surface area contributed by atoms with E-state index < -0.39 is 0 Å². The normalized spacial score (nSPS) is 10.6. The first-order valence-electron chi connectivity index (χ1n) is 8.48. The lowest BCUT2D eigenvalue weighted by Gasteiger charge is -2.09. The summed E-state index contributed by atoms with van der Waals surface area (Å²) in [6.45, 7) is 6.95. The second kappa shape index (κ2) is 7.77. The molecule has 2 N–H and O–H groups in total. The first-order valence-corrected chi connectivity index (χ1v) is 8.48. The van der Waals surface area contributed by atoms with Gasteiger partial charge in [-0.3, -0.25) is 4.79 Å². The van der Waals surface area contributed by atoms with E-state index in [4.69, 9.17) is 0 Å². The van der Waals surface area contributed by atoms with Crippen molar-refractivity contribution in [3.05, 3.63) is 65.0 Å². The molecule has 1 aromatic carbocycles. The highest BCUT2D eigenvalue weighted by Gasteiger charge is 2.06. The summed E-state index contributed by atoms with van der Waals surface area (Å²) >= 11 is 0. The van der Waals surface area contributed by atoms with E-state index in [2.05, 4.69) is 25.9 Å². The molecule has 0 aliphatic heterocycles. The molecule has 0 bridgehead atoms. The number of nitrogens with zero attached hydrogens (tertiary/aromatic N) is 4. The van der Waals surface area contributed by atoms with Crippen LogP contribution in [0.4, 0.5) is 5.82 Å². The summed E-state index contributed by atoms with van der Waals surface area (Å²) in [6.07, 6.45) is 1.84. The summed E-state index contributed by atoms with van der Waals surface area (Å²) in [5, 5.41) is 18.6. The highest BCUT2D eigenvalue weighted by Crippen LogP contribution is 2.09. The molecule has 0 aliphatic rings. The highest BCUT2D eigenvalue weighted by molar-refractivity contribution is 5.94. The number of carbonyl (C=O) groups excluding carboxylic acids is 1. The number of anilines is 1. The van der Waals surface area contributed by atoms with Crippen molar-refractivity contribution in [2.45, 2.75) is 20.8 Å². The van der Waals surface area contributed by atoms with Gasteiger partial charge in [0.15, 0.2) is 5.82 Å². The smallest absolute Gasteiger partial charge is 0.251 e. The van der Waals surface area contributed by atoms with E-state index in [0.29, 0.717) is 30.3 Å². The summed E-state index contributed by atoms with van der Waals surface area (Å²) in [4.78, 5) is 12.2. The molecular weight excluding hydrogens is 328 g/mol. The highest BCUT2D eigenvalue weighted by atomic mass is 16.1. The molecule has 0 saturated heterocycles. The standard InChI is InChI=1S/C19H22N6O/c1-13-10-14(2)12-16(11-13)19(26)21-8-7-20-17-4-5-18(23-22-17)25-9-6-15(3)24-25/h4-6,9-12H,7-8H2,1-3H3,(H,20,22)(H,21,26). The number of hydrogen-bond acceptors (Lipinski definition) is 5. The van der Waals surface area contributed by atoms with Crippen molar-refractivity contribution in [3.63, 3.8) is 0 Å². The lowest BCUT2D eigenvalue weighted by molar-refractivity contribution is 0.0955. The first-order chi connectivity index (χ1) is 12.5. The van der Waals surface area contributed by atoms with Crippen LogP contribution in [0.25, 0.3) is 5.82 Å². The van der Waals surface area contributed by atoms with Crippen molar-refractivity contribution in [2.75, 3.05) is 18.4 Å². The first kappa shape index (κ1) is 17.6. The number of aromatic nitrogens is 4. The molecule has 7 heteroatoms. The van der Waals surface area contributed by atoms with Gasteiger partial charge in [0.1, 0.15) is 5.82 Å². The molecule has 134 valence electrons. The molecule has 1 amide bonds. The Morgan fingerprint density at radius 3 is 2.38 bits per heavy atom. The average Bonchev–Trinajstić information content (AvgIpc) is 3.04. The third kappa shape index (κ3) is 4.44. The van der Waals surface area contributed by atoms with Crippen LogP contribution in [0.2, 0.25) is 0 Å². The van der Waals surface area contributed by atoms with Crippen molar-refractivity contribution >= 4 is 11.7 Å². The number of amides is 1. The lowest BCUT2D eigenvalue weighted by Crippen LogP contribution is -2.29. The third-order valence-corrected chi connectivity index (χ3v) is 3.81. The van der Waals surface area contributed by atoms with Gasteiger partial charge in [0.05, 0.1) is 5.69 Å². The zero-order chi connectivity index (χ0) is 18.5. The van der Waals surface area contributed by atoms with Crippen molar-refractivity contribution in [2.24, 2.45) is 0 Å². The van der Waals surface area contributed by atoms with Crippen LogP contribution in [0.5, 0.6) is 0 Å². The maximum atomic E-state index is 12.2. The van der Waals surface area contributed by atoms with E-state index in [9.17, 15) is 4.79 Å². The summed E-state index contributed by atoms with van der Waals surface area (Å²) in [5.41, 5.74) is 3.77. The number of nitrogens with one attached hydrogen (secondary N) is 2. The van der Waals surface area contributed by atoms with Crippen molar-refractivity contribution in [3.8, 4) is 5.82 Å². The summed E-state index contributed by atoms with van der Waals surface area (Å²) in [7, 11) is 0. The molecule has 0 unspecified atom stereocenters. The van der Waals surface area contributed by atoms with Crippen LogP contribution in [0.3, 0.4) is 0 Å². The van der Waals surface area contributed by atoms with Crippen molar-refractivity contribution in [1.29, 1.82) is 0 Å². The van der Waals surface area contributed by atoms with Gasteiger partial charge in [-0.25, -0.2) is 4.68 Å². The topological polar surface area (TPSA) is 84.7 Å².